The highest BCUT2D eigenvalue weighted by Gasteiger charge is 2.59. The Morgan fingerprint density at radius 3 is 2.34 bits per heavy atom. The first kappa shape index (κ1) is 19.8. The number of hydrogen-bond donors (Lipinski definition) is 1. The smallest absolute Gasteiger partial charge is 0.341 e. The number of ether oxygens (including phenoxy) is 1. The predicted molar refractivity (Wildman–Crippen MR) is 107 cm³/mol. The molecule has 2 bridgehead atoms. The third-order valence-corrected chi connectivity index (χ3v) is 7.22. The molecule has 1 N–H and O–H groups in total. The van der Waals surface area contributed by atoms with Crippen molar-refractivity contribution >= 4 is 40.0 Å². The molecule has 154 valence electrons. The van der Waals surface area contributed by atoms with Crippen LogP contribution in [0.15, 0.2) is 12.2 Å². The normalized spacial score (nSPS) is 26.9. The molecule has 1 saturated heterocycles. The minimum atomic E-state index is -0.485. The Morgan fingerprint density at radius 2 is 1.79 bits per heavy atom. The van der Waals surface area contributed by atoms with Crippen LogP contribution in [0.2, 0.25) is 0 Å². The van der Waals surface area contributed by atoms with Gasteiger partial charge in [-0.3, -0.25) is 19.3 Å². The van der Waals surface area contributed by atoms with E-state index in [0.717, 1.165) is 21.8 Å². The largest absolute Gasteiger partial charge is 0.462 e. The van der Waals surface area contributed by atoms with Crippen LogP contribution in [0.25, 0.3) is 0 Å². The number of allylic oxidation sites excluding steroid dienone is 2. The number of esters is 1. The fourth-order valence-corrected chi connectivity index (χ4v) is 6.09. The molecule has 29 heavy (non-hydrogen) atoms. The van der Waals surface area contributed by atoms with E-state index >= 15 is 0 Å². The van der Waals surface area contributed by atoms with Crippen molar-refractivity contribution in [1.29, 1.82) is 0 Å². The molecule has 2 heterocycles. The van der Waals surface area contributed by atoms with E-state index in [-0.39, 0.29) is 48.6 Å². The van der Waals surface area contributed by atoms with Gasteiger partial charge in [0.15, 0.2) is 0 Å². The number of thiophene rings is 1. The van der Waals surface area contributed by atoms with Crippen LogP contribution in [0.4, 0.5) is 5.00 Å². The van der Waals surface area contributed by atoms with Crippen LogP contribution in [0.3, 0.4) is 0 Å². The van der Waals surface area contributed by atoms with Crippen molar-refractivity contribution in [2.24, 2.45) is 23.7 Å². The fraction of sp³-hybridized carbons (Fsp3) is 0.524. The summed E-state index contributed by atoms with van der Waals surface area (Å²) < 4.78 is 5.15. The Kier molecular flexibility index (Phi) is 5.06. The Labute approximate surface area is 173 Å². The second-order valence-corrected chi connectivity index (χ2v) is 8.95. The first-order valence-corrected chi connectivity index (χ1v) is 10.8. The van der Waals surface area contributed by atoms with Gasteiger partial charge < -0.3 is 10.1 Å². The Bertz CT molecular complexity index is 904. The molecule has 2 fully saturated rings. The van der Waals surface area contributed by atoms with Crippen LogP contribution < -0.4 is 5.32 Å². The molecule has 7 nitrogen and oxygen atoms in total. The molecule has 4 unspecified atom stereocenters. The molecule has 4 atom stereocenters. The van der Waals surface area contributed by atoms with E-state index in [4.69, 9.17) is 4.74 Å². The van der Waals surface area contributed by atoms with Gasteiger partial charge >= 0.3 is 5.97 Å². The molecule has 1 saturated carbocycles. The van der Waals surface area contributed by atoms with Gasteiger partial charge in [-0.15, -0.1) is 11.3 Å². The molecule has 1 aromatic heterocycles. The quantitative estimate of drug-likeness (QED) is 0.437. The molecule has 0 radical (unpaired) electrons. The number of carbonyl (C=O) groups is 4. The van der Waals surface area contributed by atoms with Crippen molar-refractivity contribution < 1.29 is 23.9 Å². The Morgan fingerprint density at radius 1 is 1.17 bits per heavy atom. The molecule has 0 spiro atoms. The van der Waals surface area contributed by atoms with Crippen molar-refractivity contribution in [1.82, 2.24) is 4.90 Å². The number of rotatable bonds is 6. The van der Waals surface area contributed by atoms with Crippen molar-refractivity contribution in [2.45, 2.75) is 33.6 Å². The molecule has 3 amide bonds. The minimum Gasteiger partial charge on any atom is -0.462 e. The lowest BCUT2D eigenvalue weighted by Gasteiger charge is -2.16. The maximum Gasteiger partial charge on any atom is 0.341 e. The number of aryl methyl sites for hydroxylation is 1. The summed E-state index contributed by atoms with van der Waals surface area (Å²) in [6, 6.07) is 0. The number of imide groups is 1. The molecule has 1 aromatic rings. The maximum absolute atomic E-state index is 12.8. The predicted octanol–water partition coefficient (Wildman–Crippen LogP) is 2.54. The van der Waals surface area contributed by atoms with Crippen molar-refractivity contribution in [3.05, 3.63) is 28.2 Å². The standard InChI is InChI=1S/C21H24N2O5S/c1-4-13-10(3)29-18(17(13)21(27)28-5-2)22-14(24)9-23-19(25)15-11-6-7-12(8-11)16(15)20(23)26/h6-7,11-12,15-16H,4-5,8-9H2,1-3H3,(H,22,24). The van der Waals surface area contributed by atoms with E-state index in [1.54, 1.807) is 6.92 Å². The van der Waals surface area contributed by atoms with Crippen molar-refractivity contribution in [2.75, 3.05) is 18.5 Å². The summed E-state index contributed by atoms with van der Waals surface area (Å²) in [5.41, 5.74) is 1.21. The summed E-state index contributed by atoms with van der Waals surface area (Å²) in [6.07, 6.45) is 5.53. The highest BCUT2D eigenvalue weighted by molar-refractivity contribution is 7.16. The zero-order valence-electron chi connectivity index (χ0n) is 16.7. The maximum atomic E-state index is 12.8. The first-order chi connectivity index (χ1) is 13.9. The molecule has 3 aliphatic rings. The van der Waals surface area contributed by atoms with E-state index in [1.807, 2.05) is 26.0 Å². The van der Waals surface area contributed by atoms with Crippen molar-refractivity contribution in [3.8, 4) is 0 Å². The summed E-state index contributed by atoms with van der Waals surface area (Å²) in [5, 5.41) is 3.14. The topological polar surface area (TPSA) is 92.8 Å². The number of amides is 3. The zero-order chi connectivity index (χ0) is 20.9. The number of carbonyl (C=O) groups excluding carboxylic acids is 4. The van der Waals surface area contributed by atoms with E-state index in [1.165, 1.54) is 11.3 Å². The van der Waals surface area contributed by atoms with Gasteiger partial charge in [0.25, 0.3) is 0 Å². The Balaban J connectivity index is 1.50. The average molecular weight is 416 g/mol. The number of fused-ring (bicyclic) bond motifs is 5. The van der Waals surface area contributed by atoms with E-state index in [2.05, 4.69) is 5.32 Å². The van der Waals surface area contributed by atoms with E-state index < -0.39 is 11.9 Å². The van der Waals surface area contributed by atoms with Crippen LogP contribution >= 0.6 is 11.3 Å². The van der Waals surface area contributed by atoms with Crippen LogP contribution in [0.1, 0.15) is 41.1 Å². The monoisotopic (exact) mass is 416 g/mol. The van der Waals surface area contributed by atoms with Crippen LogP contribution in [0, 0.1) is 30.6 Å². The summed E-state index contributed by atoms with van der Waals surface area (Å²) in [5.74, 6) is -1.90. The second kappa shape index (κ2) is 7.40. The van der Waals surface area contributed by atoms with Crippen LogP contribution in [-0.4, -0.2) is 41.7 Å². The third-order valence-electron chi connectivity index (χ3n) is 6.16. The molecule has 4 rings (SSSR count). The van der Waals surface area contributed by atoms with Crippen LogP contribution in [0.5, 0.6) is 0 Å². The van der Waals surface area contributed by atoms with Gasteiger partial charge in [-0.2, -0.15) is 0 Å². The lowest BCUT2D eigenvalue weighted by Crippen LogP contribution is -2.39. The number of nitrogens with zero attached hydrogens (tertiary/aromatic N) is 1. The number of likely N-dealkylation sites (tertiary alicyclic amines) is 1. The Hall–Kier alpha value is -2.48. The summed E-state index contributed by atoms with van der Waals surface area (Å²) in [6.45, 7) is 5.46. The molecule has 8 heteroatoms. The summed E-state index contributed by atoms with van der Waals surface area (Å²) in [7, 11) is 0. The summed E-state index contributed by atoms with van der Waals surface area (Å²) >= 11 is 1.30. The first-order valence-electron chi connectivity index (χ1n) is 10.00. The fourth-order valence-electron chi connectivity index (χ4n) is 4.94. The third kappa shape index (κ3) is 3.10. The van der Waals surface area contributed by atoms with Gasteiger partial charge in [0.05, 0.1) is 24.0 Å². The minimum absolute atomic E-state index is 0.108. The lowest BCUT2D eigenvalue weighted by molar-refractivity contribution is -0.143. The number of nitrogens with one attached hydrogen (secondary N) is 1. The van der Waals surface area contributed by atoms with Gasteiger partial charge in [-0.25, -0.2) is 4.79 Å². The number of anilines is 1. The zero-order valence-corrected chi connectivity index (χ0v) is 17.5. The highest BCUT2D eigenvalue weighted by Crippen LogP contribution is 2.52. The molecule has 1 aliphatic heterocycles. The second-order valence-electron chi connectivity index (χ2n) is 7.73. The molecular weight excluding hydrogens is 392 g/mol. The van der Waals surface area contributed by atoms with Crippen LogP contribution in [-0.2, 0) is 25.5 Å². The van der Waals surface area contributed by atoms with Gasteiger partial charge in [-0.1, -0.05) is 19.1 Å². The van der Waals surface area contributed by atoms with Gasteiger partial charge in [0.1, 0.15) is 11.5 Å². The molecular formula is C21H24N2O5S. The van der Waals surface area contributed by atoms with Gasteiger partial charge in [-0.05, 0) is 44.1 Å². The van der Waals surface area contributed by atoms with Gasteiger partial charge in [0, 0.05) is 4.88 Å². The van der Waals surface area contributed by atoms with Gasteiger partial charge in [0.2, 0.25) is 17.7 Å². The average Bonchev–Trinajstić information content (AvgIpc) is 3.41. The summed E-state index contributed by atoms with van der Waals surface area (Å²) in [4.78, 5) is 52.6. The number of hydrogen-bond acceptors (Lipinski definition) is 6. The van der Waals surface area contributed by atoms with E-state index in [0.29, 0.717) is 17.0 Å². The highest BCUT2D eigenvalue weighted by atomic mass is 32.1. The van der Waals surface area contributed by atoms with E-state index in [9.17, 15) is 19.2 Å². The molecule has 2 aliphatic carbocycles. The van der Waals surface area contributed by atoms with Crippen molar-refractivity contribution in [3.63, 3.8) is 0 Å². The SMILES string of the molecule is CCOC(=O)c1c(NC(=O)CN2C(=O)C3C4C=CC(C4)C3C2=O)sc(C)c1CC. The lowest BCUT2D eigenvalue weighted by atomic mass is 9.85. The molecule has 0 aromatic carbocycles.